The Morgan fingerprint density at radius 2 is 1.79 bits per heavy atom. The molecule has 0 saturated heterocycles. The second kappa shape index (κ2) is 9.30. The molecule has 33 heavy (non-hydrogen) atoms. The van der Waals surface area contributed by atoms with Gasteiger partial charge in [-0.05, 0) is 48.9 Å². The molecule has 0 unspecified atom stereocenters. The van der Waals surface area contributed by atoms with Crippen LogP contribution in [0.3, 0.4) is 0 Å². The zero-order chi connectivity index (χ0) is 24.2. The Morgan fingerprint density at radius 1 is 1.12 bits per heavy atom. The molecule has 3 aromatic carbocycles. The molecule has 6 nitrogen and oxygen atoms in total. The lowest BCUT2D eigenvalue weighted by molar-refractivity contribution is -0.0117. The Morgan fingerprint density at radius 3 is 2.42 bits per heavy atom. The van der Waals surface area contributed by atoms with Gasteiger partial charge in [-0.1, -0.05) is 48.5 Å². The number of nitriles is 1. The van der Waals surface area contributed by atoms with Gasteiger partial charge in [-0.2, -0.15) is 22.5 Å². The summed E-state index contributed by atoms with van der Waals surface area (Å²) in [6, 6.07) is 16.6. The maximum atomic E-state index is 15.6. The van der Waals surface area contributed by atoms with E-state index in [1.54, 1.807) is 6.92 Å². The maximum absolute atomic E-state index is 15.6. The Bertz CT molecular complexity index is 1320. The van der Waals surface area contributed by atoms with Crippen LogP contribution >= 0.6 is 0 Å². The van der Waals surface area contributed by atoms with Gasteiger partial charge in [-0.25, -0.2) is 0 Å². The highest BCUT2D eigenvalue weighted by Gasteiger charge is 2.47. The fourth-order valence-electron chi connectivity index (χ4n) is 3.02. The van der Waals surface area contributed by atoms with Crippen LogP contribution in [-0.2, 0) is 14.3 Å². The summed E-state index contributed by atoms with van der Waals surface area (Å²) in [6.07, 6.45) is 0. The van der Waals surface area contributed by atoms with Gasteiger partial charge >= 0.3 is 16.0 Å². The lowest BCUT2D eigenvalue weighted by Gasteiger charge is -2.30. The highest BCUT2D eigenvalue weighted by Crippen LogP contribution is 2.42. The first kappa shape index (κ1) is 23.8. The smallest absolute Gasteiger partial charge is 0.339 e. The molecule has 0 heterocycles. The third kappa shape index (κ3) is 5.30. The lowest BCUT2D eigenvalue weighted by atomic mass is 9.97. The number of phenolic OH excluding ortho intramolecular Hbond substituents is 1. The number of nitrogens with zero attached hydrogens (tertiary/aromatic N) is 1. The standard InChI is InChI=1S/C24H20F2N2O4S/c1-16-10-12-20(13-11-16)33(30,31)32-17(2)24(25,26)23(19-7-5-6-18(14-19)15-27)28-21-8-3-4-9-22(21)29/h3-14,23,28-29H,2H2,1H3/t23-/m0/s1. The Hall–Kier alpha value is -3.90. The number of alkyl halides is 2. The molecule has 0 radical (unpaired) electrons. The van der Waals surface area contributed by atoms with E-state index in [1.165, 1.54) is 72.8 Å². The number of aromatic hydroxyl groups is 1. The molecule has 0 spiro atoms. The molecule has 0 aliphatic heterocycles. The van der Waals surface area contributed by atoms with Gasteiger partial charge < -0.3 is 14.6 Å². The molecule has 1 atom stereocenters. The third-order valence-corrected chi connectivity index (χ3v) is 6.08. The van der Waals surface area contributed by atoms with Crippen molar-refractivity contribution in [2.24, 2.45) is 0 Å². The van der Waals surface area contributed by atoms with Gasteiger partial charge in [0, 0.05) is 0 Å². The molecule has 9 heteroatoms. The summed E-state index contributed by atoms with van der Waals surface area (Å²) in [5.41, 5.74) is 0.826. The Labute approximate surface area is 190 Å². The average molecular weight is 470 g/mol. The van der Waals surface area contributed by atoms with Crippen molar-refractivity contribution in [3.05, 3.63) is 102 Å². The van der Waals surface area contributed by atoms with Gasteiger partial charge in [0.1, 0.15) is 16.7 Å². The molecule has 0 amide bonds. The summed E-state index contributed by atoms with van der Waals surface area (Å²) in [6.45, 7) is 4.93. The fourth-order valence-corrected chi connectivity index (χ4v) is 3.97. The van der Waals surface area contributed by atoms with Crippen LogP contribution in [0.1, 0.15) is 22.7 Å². The van der Waals surface area contributed by atoms with Crippen molar-refractivity contribution < 1.29 is 26.5 Å². The van der Waals surface area contributed by atoms with Crippen molar-refractivity contribution in [2.45, 2.75) is 23.8 Å². The fraction of sp³-hybridized carbons (Fsp3) is 0.125. The maximum Gasteiger partial charge on any atom is 0.339 e. The van der Waals surface area contributed by atoms with Crippen LogP contribution in [0.2, 0.25) is 0 Å². The van der Waals surface area contributed by atoms with E-state index in [-0.39, 0.29) is 27.5 Å². The number of para-hydroxylation sites is 2. The Balaban J connectivity index is 2.00. The van der Waals surface area contributed by atoms with E-state index < -0.39 is 27.8 Å². The molecule has 170 valence electrons. The second-order valence-electron chi connectivity index (χ2n) is 7.23. The van der Waals surface area contributed by atoms with Gasteiger partial charge in [-0.15, -0.1) is 0 Å². The first-order valence-electron chi connectivity index (χ1n) is 9.67. The molecule has 0 aliphatic rings. The number of hydrogen-bond donors (Lipinski definition) is 2. The van der Waals surface area contributed by atoms with Crippen LogP contribution in [0, 0.1) is 18.3 Å². The molecule has 3 rings (SSSR count). The van der Waals surface area contributed by atoms with Crippen molar-refractivity contribution in [3.8, 4) is 11.8 Å². The summed E-state index contributed by atoms with van der Waals surface area (Å²) in [5.74, 6) is -5.60. The zero-order valence-electron chi connectivity index (χ0n) is 17.5. The molecular formula is C24H20F2N2O4S. The van der Waals surface area contributed by atoms with Crippen LogP contribution in [0.5, 0.6) is 5.75 Å². The minimum atomic E-state index is -4.58. The quantitative estimate of drug-likeness (QED) is 0.264. The summed E-state index contributed by atoms with van der Waals surface area (Å²) in [7, 11) is -4.58. The lowest BCUT2D eigenvalue weighted by Crippen LogP contribution is -2.35. The highest BCUT2D eigenvalue weighted by atomic mass is 32.2. The molecule has 0 fully saturated rings. The van der Waals surface area contributed by atoms with Crippen LogP contribution in [0.4, 0.5) is 14.5 Å². The van der Waals surface area contributed by atoms with E-state index in [0.29, 0.717) is 0 Å². The molecule has 3 aromatic rings. The Kier molecular flexibility index (Phi) is 6.70. The van der Waals surface area contributed by atoms with Crippen molar-refractivity contribution in [2.75, 3.05) is 5.32 Å². The second-order valence-corrected chi connectivity index (χ2v) is 8.77. The predicted molar refractivity (Wildman–Crippen MR) is 119 cm³/mol. The summed E-state index contributed by atoms with van der Waals surface area (Å²) in [4.78, 5) is -0.304. The van der Waals surface area contributed by atoms with Crippen molar-refractivity contribution >= 4 is 15.8 Å². The van der Waals surface area contributed by atoms with E-state index in [0.717, 1.165) is 5.56 Å². The topological polar surface area (TPSA) is 99.4 Å². The average Bonchev–Trinajstić information content (AvgIpc) is 2.78. The molecule has 0 aliphatic carbocycles. The van der Waals surface area contributed by atoms with E-state index in [2.05, 4.69) is 11.9 Å². The monoisotopic (exact) mass is 470 g/mol. The molecule has 0 bridgehead atoms. The number of rotatable bonds is 8. The van der Waals surface area contributed by atoms with Gasteiger partial charge in [-0.3, -0.25) is 0 Å². The minimum absolute atomic E-state index is 0.0290. The normalized spacial score (nSPS) is 12.4. The van der Waals surface area contributed by atoms with Gasteiger partial charge in [0.15, 0.2) is 5.76 Å². The number of anilines is 1. The van der Waals surface area contributed by atoms with Crippen LogP contribution < -0.4 is 5.32 Å². The molecule has 2 N–H and O–H groups in total. The molecular weight excluding hydrogens is 450 g/mol. The third-order valence-electron chi connectivity index (χ3n) is 4.81. The number of hydrogen-bond acceptors (Lipinski definition) is 6. The zero-order valence-corrected chi connectivity index (χ0v) is 18.3. The van der Waals surface area contributed by atoms with E-state index in [1.807, 2.05) is 6.07 Å². The van der Waals surface area contributed by atoms with Gasteiger partial charge in [0.25, 0.3) is 0 Å². The van der Waals surface area contributed by atoms with Crippen LogP contribution in [0.25, 0.3) is 0 Å². The van der Waals surface area contributed by atoms with Gasteiger partial charge in [0.05, 0.1) is 17.3 Å². The highest BCUT2D eigenvalue weighted by molar-refractivity contribution is 7.86. The minimum Gasteiger partial charge on any atom is -0.506 e. The number of benzene rings is 3. The van der Waals surface area contributed by atoms with Gasteiger partial charge in [0.2, 0.25) is 0 Å². The van der Waals surface area contributed by atoms with Crippen molar-refractivity contribution in [1.29, 1.82) is 5.26 Å². The van der Waals surface area contributed by atoms with Crippen LogP contribution in [-0.4, -0.2) is 19.4 Å². The number of aryl methyl sites for hydroxylation is 1. The first-order chi connectivity index (χ1) is 15.5. The van der Waals surface area contributed by atoms with Crippen molar-refractivity contribution in [3.63, 3.8) is 0 Å². The molecule has 0 aromatic heterocycles. The first-order valence-corrected chi connectivity index (χ1v) is 11.1. The van der Waals surface area contributed by atoms with Crippen LogP contribution in [0.15, 0.2) is 90.0 Å². The molecule has 0 saturated carbocycles. The van der Waals surface area contributed by atoms with Crippen molar-refractivity contribution in [1.82, 2.24) is 0 Å². The summed E-state index contributed by atoms with van der Waals surface area (Å²) in [5, 5.41) is 21.8. The van der Waals surface area contributed by atoms with E-state index >= 15 is 8.78 Å². The SMILES string of the molecule is C=C(OS(=O)(=O)c1ccc(C)cc1)C(F)(F)[C@@H](Nc1ccccc1O)c1cccc(C#N)c1. The predicted octanol–water partition coefficient (Wildman–Crippen LogP) is 5.28. The van der Waals surface area contributed by atoms with E-state index in [9.17, 15) is 13.5 Å². The number of phenols is 1. The summed E-state index contributed by atoms with van der Waals surface area (Å²) < 4.78 is 61.1. The van der Waals surface area contributed by atoms with E-state index in [4.69, 9.17) is 9.44 Å². The number of nitrogens with one attached hydrogen (secondary N) is 1. The summed E-state index contributed by atoms with van der Waals surface area (Å²) >= 11 is 0. The largest absolute Gasteiger partial charge is 0.506 e. The number of halogens is 2.